The van der Waals surface area contributed by atoms with Crippen molar-refractivity contribution in [3.63, 3.8) is 0 Å². The van der Waals surface area contributed by atoms with Crippen LogP contribution >= 0.6 is 0 Å². The summed E-state index contributed by atoms with van der Waals surface area (Å²) < 4.78 is 5.66. The molecule has 5 heterocycles. The normalized spacial score (nSPS) is 19.3. The number of aromatic amines is 2. The van der Waals surface area contributed by atoms with Crippen molar-refractivity contribution in [2.75, 3.05) is 6.61 Å². The Morgan fingerprint density at radius 3 is 2.07 bits per heavy atom. The van der Waals surface area contributed by atoms with Crippen LogP contribution in [0.3, 0.4) is 0 Å². The lowest BCUT2D eigenvalue weighted by Gasteiger charge is -2.31. The average Bonchev–Trinajstić information content (AvgIpc) is 3.72. The van der Waals surface area contributed by atoms with E-state index in [1.807, 2.05) is 13.0 Å². The molecule has 224 valence electrons. The van der Waals surface area contributed by atoms with Gasteiger partial charge >= 0.3 is 5.97 Å². The minimum absolute atomic E-state index is 0.0103. The van der Waals surface area contributed by atoms with Gasteiger partial charge in [0.1, 0.15) is 0 Å². The van der Waals surface area contributed by atoms with E-state index in [-0.39, 0.29) is 11.9 Å². The van der Waals surface area contributed by atoms with Gasteiger partial charge in [-0.05, 0) is 111 Å². The van der Waals surface area contributed by atoms with Crippen molar-refractivity contribution in [2.45, 2.75) is 99.3 Å². The smallest absolute Gasteiger partial charge is 0.335 e. The molecule has 0 spiro atoms. The summed E-state index contributed by atoms with van der Waals surface area (Å²) in [6.07, 6.45) is 5.48. The first-order valence-corrected chi connectivity index (χ1v) is 16.0. The van der Waals surface area contributed by atoms with Crippen LogP contribution in [0.5, 0.6) is 0 Å². The fourth-order valence-corrected chi connectivity index (χ4v) is 7.91. The second-order valence-electron chi connectivity index (χ2n) is 12.2. The predicted molar refractivity (Wildman–Crippen MR) is 177 cm³/mol. The number of aromatic nitrogens is 4. The number of fused-ring (bicyclic) bond motifs is 8. The molecule has 0 aromatic carbocycles. The number of ether oxygens (including phenoxy) is 1. The lowest BCUT2D eigenvalue weighted by Crippen LogP contribution is -2.33. The Labute approximate surface area is 254 Å². The van der Waals surface area contributed by atoms with Crippen molar-refractivity contribution in [1.29, 1.82) is 0 Å². The average molecular weight is 577 g/mol. The summed E-state index contributed by atoms with van der Waals surface area (Å²) in [5.74, 6) is -0.270. The molecule has 2 aliphatic heterocycles. The van der Waals surface area contributed by atoms with Gasteiger partial charge < -0.3 is 14.7 Å². The van der Waals surface area contributed by atoms with Gasteiger partial charge in [0.25, 0.3) is 0 Å². The molecule has 0 radical (unpaired) electrons. The highest BCUT2D eigenvalue weighted by Crippen LogP contribution is 2.56. The molecular weight excluding hydrogens is 532 g/mol. The Bertz CT molecular complexity index is 1900. The molecule has 3 aromatic heterocycles. The number of hydrogen-bond acceptors (Lipinski definition) is 4. The van der Waals surface area contributed by atoms with Gasteiger partial charge in [-0.2, -0.15) is 0 Å². The molecule has 1 aliphatic carbocycles. The maximum absolute atomic E-state index is 13.6. The lowest BCUT2D eigenvalue weighted by molar-refractivity contribution is -0.139. The third-order valence-corrected chi connectivity index (χ3v) is 10.4. The minimum atomic E-state index is -0.563. The van der Waals surface area contributed by atoms with Gasteiger partial charge in [-0.25, -0.2) is 9.78 Å². The molecule has 6 rings (SSSR count). The van der Waals surface area contributed by atoms with Crippen LogP contribution in [0.25, 0.3) is 39.3 Å². The molecule has 2 atom stereocenters. The molecule has 3 aliphatic rings. The monoisotopic (exact) mass is 576 g/mol. The number of H-pyrrole nitrogens is 2. The highest BCUT2D eigenvalue weighted by atomic mass is 16.5. The number of nitrogens with one attached hydrogen (secondary N) is 2. The Morgan fingerprint density at radius 2 is 1.49 bits per heavy atom. The second kappa shape index (κ2) is 10.7. The number of carbonyl (C=O) groups excluding carboxylic acids is 1. The van der Waals surface area contributed by atoms with E-state index in [2.05, 4.69) is 83.6 Å². The molecule has 2 N–H and O–H groups in total. The van der Waals surface area contributed by atoms with Crippen LogP contribution in [0.2, 0.25) is 0 Å². The SMILES string of the molecule is CCOC(=O)C1=Cc2c3nc(cc4[nH]c(cc5[nH]c(cc6nc2[C@@]1(CC)[C@H]6C)c(CC)c5C)c(CC)c4C)C(CC)=C3C. The van der Waals surface area contributed by atoms with Crippen LogP contribution in [0.15, 0.2) is 23.8 Å². The van der Waals surface area contributed by atoms with Crippen molar-refractivity contribution in [3.8, 4) is 0 Å². The van der Waals surface area contributed by atoms with E-state index in [1.54, 1.807) is 0 Å². The number of esters is 1. The van der Waals surface area contributed by atoms with Crippen molar-refractivity contribution < 1.29 is 9.53 Å². The quantitative estimate of drug-likeness (QED) is 0.287. The minimum Gasteiger partial charge on any atom is -0.463 e. The number of nitrogens with zero attached hydrogens (tertiary/aromatic N) is 2. The Hall–Kier alpha value is -3.93. The number of aryl methyl sites for hydroxylation is 4. The molecular formula is C37H44N4O2. The maximum Gasteiger partial charge on any atom is 0.335 e. The summed E-state index contributed by atoms with van der Waals surface area (Å²) in [5, 5.41) is 0. The zero-order valence-electron chi connectivity index (χ0n) is 27.1. The largest absolute Gasteiger partial charge is 0.463 e. The number of rotatable bonds is 6. The molecule has 0 saturated heterocycles. The van der Waals surface area contributed by atoms with E-state index < -0.39 is 5.41 Å². The van der Waals surface area contributed by atoms with Crippen LogP contribution in [0, 0.1) is 13.8 Å². The number of carbonyl (C=O) groups is 1. The highest BCUT2D eigenvalue weighted by Gasteiger charge is 2.53. The van der Waals surface area contributed by atoms with Crippen LogP contribution in [0.1, 0.15) is 118 Å². The Kier molecular flexibility index (Phi) is 7.22. The first-order valence-electron chi connectivity index (χ1n) is 16.0. The van der Waals surface area contributed by atoms with Gasteiger partial charge in [-0.1, -0.05) is 34.6 Å². The first-order chi connectivity index (χ1) is 20.6. The summed E-state index contributed by atoms with van der Waals surface area (Å²) >= 11 is 0. The van der Waals surface area contributed by atoms with E-state index >= 15 is 0 Å². The van der Waals surface area contributed by atoms with Crippen LogP contribution in [0.4, 0.5) is 0 Å². The molecule has 0 amide bonds. The van der Waals surface area contributed by atoms with Gasteiger partial charge in [-0.15, -0.1) is 0 Å². The van der Waals surface area contributed by atoms with Gasteiger partial charge in [0.05, 0.1) is 34.7 Å². The summed E-state index contributed by atoms with van der Waals surface area (Å²) in [5.41, 5.74) is 16.8. The molecule has 0 saturated carbocycles. The van der Waals surface area contributed by atoms with Gasteiger partial charge in [-0.3, -0.25) is 4.98 Å². The van der Waals surface area contributed by atoms with Crippen molar-refractivity contribution in [1.82, 2.24) is 19.9 Å². The zero-order chi connectivity index (χ0) is 30.8. The summed E-state index contributed by atoms with van der Waals surface area (Å²) in [6.45, 7) is 19.8. The molecule has 0 unspecified atom stereocenters. The van der Waals surface area contributed by atoms with Crippen LogP contribution < -0.4 is 0 Å². The van der Waals surface area contributed by atoms with Crippen molar-refractivity contribution in [3.05, 3.63) is 74.4 Å². The summed E-state index contributed by atoms with van der Waals surface area (Å²) in [4.78, 5) is 31.8. The predicted octanol–water partition coefficient (Wildman–Crippen LogP) is 8.81. The standard InChI is InChI=1S/C37H44N4O2/c1-10-23-19(6)29-17-33-25(12-3)21(8)34(40-33)26-15-27(36(42)43-14-5)37(13-4)22(9)30(41-35(26)37)18-32-24(11-2)20(7)28(39-32)16-31(23)38-29/h15-18,22,38-39H,10-14H2,1-9H3/t22-,37-/m0/s1. The van der Waals surface area contributed by atoms with E-state index in [0.717, 1.165) is 81.7 Å². The second-order valence-corrected chi connectivity index (χ2v) is 12.2. The fraction of sp³-hybridized carbons (Fsp3) is 0.432. The van der Waals surface area contributed by atoms with Crippen LogP contribution in [-0.4, -0.2) is 32.5 Å². The van der Waals surface area contributed by atoms with E-state index in [0.29, 0.717) is 12.2 Å². The zero-order valence-corrected chi connectivity index (χ0v) is 27.1. The highest BCUT2D eigenvalue weighted by molar-refractivity contribution is 6.03. The first kappa shape index (κ1) is 29.2. The Balaban J connectivity index is 1.84. The lowest BCUT2D eigenvalue weighted by atomic mass is 9.69. The third kappa shape index (κ3) is 4.09. The van der Waals surface area contributed by atoms with Crippen LogP contribution in [-0.2, 0) is 27.8 Å². The molecule has 3 aromatic rings. The maximum atomic E-state index is 13.6. The summed E-state index contributed by atoms with van der Waals surface area (Å²) in [7, 11) is 0. The third-order valence-electron chi connectivity index (χ3n) is 10.4. The van der Waals surface area contributed by atoms with E-state index in [9.17, 15) is 4.79 Å². The Morgan fingerprint density at radius 1 is 0.860 bits per heavy atom. The van der Waals surface area contributed by atoms with Gasteiger partial charge in [0.2, 0.25) is 0 Å². The molecule has 6 heteroatoms. The number of hydrogen-bond donors (Lipinski definition) is 2. The van der Waals surface area contributed by atoms with E-state index in [4.69, 9.17) is 14.7 Å². The summed E-state index contributed by atoms with van der Waals surface area (Å²) in [6, 6.07) is 6.69. The molecule has 6 nitrogen and oxygen atoms in total. The van der Waals surface area contributed by atoms with E-state index in [1.165, 1.54) is 27.8 Å². The number of allylic oxidation sites excluding steroid dienone is 2. The van der Waals surface area contributed by atoms with Crippen molar-refractivity contribution >= 4 is 45.3 Å². The molecule has 0 fully saturated rings. The van der Waals surface area contributed by atoms with Crippen molar-refractivity contribution in [2.24, 2.45) is 0 Å². The van der Waals surface area contributed by atoms with Gasteiger partial charge in [0.15, 0.2) is 0 Å². The van der Waals surface area contributed by atoms with Gasteiger partial charge in [0, 0.05) is 39.2 Å². The molecule has 43 heavy (non-hydrogen) atoms. The fourth-order valence-electron chi connectivity index (χ4n) is 7.91. The topological polar surface area (TPSA) is 83.7 Å². The molecule has 8 bridgehead atoms.